The Kier molecular flexibility index (Phi) is 22.8. The molecule has 8 nitrogen and oxygen atoms in total. The van der Waals surface area contributed by atoms with E-state index in [-0.39, 0.29) is 37.2 Å². The number of hydrogen-bond donors (Lipinski definition) is 2. The summed E-state index contributed by atoms with van der Waals surface area (Å²) in [6.07, 6.45) is 2.66. The number of halogens is 2. The first-order valence-corrected chi connectivity index (χ1v) is 18.0. The first-order chi connectivity index (χ1) is 21.0. The molecule has 0 atom stereocenters. The Labute approximate surface area is 311 Å². The summed E-state index contributed by atoms with van der Waals surface area (Å²) >= 11 is 13.6. The zero-order valence-electron chi connectivity index (χ0n) is 27.9. The van der Waals surface area contributed by atoms with Gasteiger partial charge in [-0.25, -0.2) is 0 Å². The zero-order chi connectivity index (χ0) is 34.2. The van der Waals surface area contributed by atoms with Gasteiger partial charge >= 0.3 is 18.9 Å². The van der Waals surface area contributed by atoms with Crippen molar-refractivity contribution in [2.75, 3.05) is 26.4 Å². The molecule has 0 radical (unpaired) electrons. The molecule has 46 heavy (non-hydrogen) atoms. The third kappa shape index (κ3) is 17.8. The molecule has 2 N–H and O–H groups in total. The van der Waals surface area contributed by atoms with Gasteiger partial charge in [0.15, 0.2) is 18.9 Å². The van der Waals surface area contributed by atoms with Crippen molar-refractivity contribution in [1.82, 2.24) is 0 Å². The fourth-order valence-corrected chi connectivity index (χ4v) is 7.06. The van der Waals surface area contributed by atoms with Gasteiger partial charge < -0.3 is 40.9 Å². The number of carbonyl (C=O) groups is 2. The summed E-state index contributed by atoms with van der Waals surface area (Å²) in [6.45, 7) is 18.3. The smallest absolute Gasteiger partial charge is 0.386 e. The van der Waals surface area contributed by atoms with Crippen LogP contribution in [0.3, 0.4) is 0 Å². The molecule has 2 fully saturated rings. The van der Waals surface area contributed by atoms with Crippen LogP contribution in [0.2, 0.25) is 4.34 Å². The maximum atomic E-state index is 10.4. The van der Waals surface area contributed by atoms with E-state index in [4.69, 9.17) is 30.5 Å². The zero-order valence-corrected chi connectivity index (χ0v) is 32.7. The molecule has 5 heterocycles. The standard InChI is InChI=1S/C10H14O3S.C8H9ClO2S.C7H7BrO2S.C4H9.C3H6O.Li/c1-10(2,11)7-5-8(14-6-7)9-12-3-4-13-9;1-8(2,11)6-3-5(4-10)12-7(6)9;8-5-3-6(11-4-5)7-9-1-2-10-7;1-3-4-2;1-3(2)4;/h5-6,9,11H,3-4H2,1-2H3;3-4,11H,1-2H3;3-4,7H,1-2H2;1,3-4H2,2H3;1-2H3;/q;;;-1;;+1. The number of aldehydes is 1. The summed E-state index contributed by atoms with van der Waals surface area (Å²) in [5.41, 5.74) is -0.241. The molecule has 254 valence electrons. The summed E-state index contributed by atoms with van der Waals surface area (Å²) in [5.74, 6) is 0.167. The Hall–Kier alpha value is -0.433. The predicted molar refractivity (Wildman–Crippen MR) is 187 cm³/mol. The van der Waals surface area contributed by atoms with Crippen molar-refractivity contribution in [2.24, 2.45) is 0 Å². The van der Waals surface area contributed by atoms with Gasteiger partial charge in [-0.3, -0.25) is 4.79 Å². The number of aliphatic hydroxyl groups is 2. The van der Waals surface area contributed by atoms with E-state index in [0.717, 1.165) is 32.5 Å². The third-order valence-corrected chi connectivity index (χ3v) is 9.41. The molecule has 0 aromatic carbocycles. The molecule has 0 aliphatic carbocycles. The predicted octanol–water partition coefficient (Wildman–Crippen LogP) is 6.24. The Bertz CT molecular complexity index is 1260. The van der Waals surface area contributed by atoms with Crippen molar-refractivity contribution in [3.05, 3.63) is 70.5 Å². The van der Waals surface area contributed by atoms with Gasteiger partial charge in [0.25, 0.3) is 0 Å². The fraction of sp³-hybridized carbons (Fsp3) is 0.531. The molecule has 14 heteroatoms. The van der Waals surface area contributed by atoms with Crippen molar-refractivity contribution in [1.29, 1.82) is 0 Å². The Morgan fingerprint density at radius 2 is 1.39 bits per heavy atom. The van der Waals surface area contributed by atoms with Crippen molar-refractivity contribution in [3.8, 4) is 0 Å². The van der Waals surface area contributed by atoms with Gasteiger partial charge in [0.2, 0.25) is 0 Å². The van der Waals surface area contributed by atoms with E-state index in [1.54, 1.807) is 56.4 Å². The minimum absolute atomic E-state index is 0. The first kappa shape index (κ1) is 45.6. The second-order valence-electron chi connectivity index (χ2n) is 10.9. The second-order valence-corrected chi connectivity index (χ2v) is 15.4. The molecule has 2 aliphatic heterocycles. The van der Waals surface area contributed by atoms with Gasteiger partial charge in [-0.05, 0) is 86.6 Å². The normalized spacial score (nSPS) is 14.7. The monoisotopic (exact) mass is 774 g/mol. The molecule has 3 aromatic rings. The second kappa shape index (κ2) is 23.1. The SMILES string of the molecule is Brc1csc(C2OCCO2)c1.CC(C)(O)c1cc(C=O)sc1Cl.CC(C)(O)c1csc(C2OCCO2)c1.CC(C)=O.[CH2-]CCC.[Li+]. The molecule has 0 bridgehead atoms. The summed E-state index contributed by atoms with van der Waals surface area (Å²) in [6, 6.07) is 5.58. The van der Waals surface area contributed by atoms with Crippen LogP contribution in [0.4, 0.5) is 0 Å². The van der Waals surface area contributed by atoms with Crippen molar-refractivity contribution in [2.45, 2.75) is 85.1 Å². The van der Waals surface area contributed by atoms with Crippen LogP contribution >= 0.6 is 61.5 Å². The van der Waals surface area contributed by atoms with Gasteiger partial charge in [0.1, 0.15) is 5.78 Å². The number of rotatable bonds is 6. The van der Waals surface area contributed by atoms with Crippen LogP contribution in [0, 0.1) is 6.92 Å². The summed E-state index contributed by atoms with van der Waals surface area (Å²) in [7, 11) is 0. The van der Waals surface area contributed by atoms with Crippen molar-refractivity contribution >= 4 is 73.6 Å². The van der Waals surface area contributed by atoms with E-state index in [1.807, 2.05) is 22.9 Å². The molecule has 5 rings (SSSR count). The molecule has 0 unspecified atom stereocenters. The molecule has 0 spiro atoms. The van der Waals surface area contributed by atoms with Gasteiger partial charge in [-0.1, -0.05) is 24.9 Å². The summed E-state index contributed by atoms with van der Waals surface area (Å²) in [4.78, 5) is 22.5. The largest absolute Gasteiger partial charge is 1.00 e. The van der Waals surface area contributed by atoms with Crippen molar-refractivity contribution in [3.63, 3.8) is 0 Å². The Morgan fingerprint density at radius 3 is 1.67 bits per heavy atom. The molecule has 2 aliphatic rings. The minimum Gasteiger partial charge on any atom is -0.386 e. The molecule has 0 saturated carbocycles. The van der Waals surface area contributed by atoms with Gasteiger partial charge in [-0.2, -0.15) is 6.42 Å². The van der Waals surface area contributed by atoms with Crippen molar-refractivity contribution < 1.29 is 57.6 Å². The van der Waals surface area contributed by atoms with Crippen LogP contribution in [-0.2, 0) is 34.9 Å². The number of unbranched alkanes of at least 4 members (excludes halogenated alkanes) is 1. The average Bonchev–Trinajstić information content (AvgIpc) is 3.78. The minimum atomic E-state index is -0.977. The van der Waals surface area contributed by atoms with Crippen LogP contribution in [-0.4, -0.2) is 48.7 Å². The van der Waals surface area contributed by atoms with E-state index in [0.29, 0.717) is 41.2 Å². The van der Waals surface area contributed by atoms with Crippen LogP contribution < -0.4 is 18.9 Å². The molecule has 2 saturated heterocycles. The van der Waals surface area contributed by atoms with Gasteiger partial charge in [-0.15, -0.1) is 34.0 Å². The quantitative estimate of drug-likeness (QED) is 0.172. The number of ketones is 1. The van der Waals surface area contributed by atoms with Crippen LogP contribution in [0.5, 0.6) is 0 Å². The average molecular weight is 776 g/mol. The summed E-state index contributed by atoms with van der Waals surface area (Å²) < 4.78 is 23.0. The maximum absolute atomic E-state index is 10.4. The Balaban J connectivity index is 0.000000588. The molecule has 3 aromatic heterocycles. The number of carbonyl (C=O) groups excluding carboxylic acids is 2. The topological polar surface area (TPSA) is 112 Å². The maximum Gasteiger partial charge on any atom is 1.00 e. The van der Waals surface area contributed by atoms with E-state index in [2.05, 4.69) is 29.8 Å². The Morgan fingerprint density at radius 1 is 0.957 bits per heavy atom. The van der Waals surface area contributed by atoms with E-state index < -0.39 is 11.2 Å². The number of thiophene rings is 3. The van der Waals surface area contributed by atoms with E-state index in [9.17, 15) is 19.8 Å². The van der Waals surface area contributed by atoms with Crippen LogP contribution in [0.25, 0.3) is 0 Å². The fourth-order valence-electron chi connectivity index (χ4n) is 3.16. The third-order valence-electron chi connectivity index (χ3n) is 5.46. The number of Topliss-reactive ketones (excluding diaryl/α,β-unsaturated/α-hetero) is 1. The number of ether oxygens (including phenoxy) is 4. The molecular weight excluding hydrogens is 731 g/mol. The molecular formula is C32H45BrClLiO8S3. The first-order valence-electron chi connectivity index (χ1n) is 14.3. The van der Waals surface area contributed by atoms with E-state index >= 15 is 0 Å². The van der Waals surface area contributed by atoms with Gasteiger partial charge in [0, 0.05) is 15.4 Å². The summed E-state index contributed by atoms with van der Waals surface area (Å²) in [5, 5.41) is 23.3. The van der Waals surface area contributed by atoms with Gasteiger partial charge in [0.05, 0.1) is 56.6 Å². The molecule has 0 amide bonds. The van der Waals surface area contributed by atoms with Crippen LogP contribution in [0.1, 0.15) is 104 Å². The van der Waals surface area contributed by atoms with Crippen LogP contribution in [0.15, 0.2) is 33.4 Å². The number of hydrogen-bond acceptors (Lipinski definition) is 11. The van der Waals surface area contributed by atoms with E-state index in [1.165, 1.54) is 31.6 Å².